The first-order valence-electron chi connectivity index (χ1n) is 7.86. The number of ether oxygens (including phenoxy) is 1. The number of pyridine rings is 1. The smallest absolute Gasteiger partial charge is 0.230 e. The van der Waals surface area contributed by atoms with Gasteiger partial charge >= 0.3 is 0 Å². The number of nitrogens with zero attached hydrogens (tertiary/aromatic N) is 4. The monoisotopic (exact) mass is 379 g/mol. The third-order valence-corrected chi connectivity index (χ3v) is 4.58. The van der Waals surface area contributed by atoms with Gasteiger partial charge in [-0.05, 0) is 11.6 Å². The van der Waals surface area contributed by atoms with Crippen LogP contribution in [0.1, 0.15) is 5.56 Å². The lowest BCUT2D eigenvalue weighted by Crippen LogP contribution is -2.36. The van der Waals surface area contributed by atoms with Crippen LogP contribution in [-0.2, 0) is 16.1 Å². The van der Waals surface area contributed by atoms with Crippen molar-refractivity contribution in [3.63, 3.8) is 0 Å². The number of rotatable bonds is 6. The van der Waals surface area contributed by atoms with E-state index >= 15 is 0 Å². The Morgan fingerprint density at radius 1 is 1.36 bits per heavy atom. The van der Waals surface area contributed by atoms with Gasteiger partial charge in [0, 0.05) is 38.1 Å². The minimum absolute atomic E-state index is 0.0923. The normalized spacial score (nSPS) is 14.4. The number of nitrogens with one attached hydrogen (secondary N) is 1. The number of hydrogen-bond acceptors (Lipinski definition) is 7. The number of carbonyl (C=O) groups excluding carboxylic acids is 1. The zero-order valence-corrected chi connectivity index (χ0v) is 15.1. The van der Waals surface area contributed by atoms with Crippen molar-refractivity contribution in [2.24, 2.45) is 0 Å². The Morgan fingerprint density at radius 3 is 2.96 bits per heavy atom. The van der Waals surface area contributed by atoms with Crippen molar-refractivity contribution in [1.82, 2.24) is 20.3 Å². The lowest BCUT2D eigenvalue weighted by molar-refractivity contribution is -0.118. The molecular formula is C16H18ClN5O2S. The molecule has 1 saturated heterocycles. The number of morpholine rings is 1. The van der Waals surface area contributed by atoms with Crippen LogP contribution < -0.4 is 10.2 Å². The molecule has 0 atom stereocenters. The van der Waals surface area contributed by atoms with Crippen molar-refractivity contribution in [3.05, 3.63) is 41.3 Å². The average Bonchev–Trinajstić information content (AvgIpc) is 2.66. The van der Waals surface area contributed by atoms with Gasteiger partial charge in [0.2, 0.25) is 5.91 Å². The van der Waals surface area contributed by atoms with E-state index in [0.29, 0.717) is 30.1 Å². The molecule has 0 spiro atoms. The summed E-state index contributed by atoms with van der Waals surface area (Å²) >= 11 is 7.36. The van der Waals surface area contributed by atoms with E-state index in [2.05, 4.69) is 25.2 Å². The van der Waals surface area contributed by atoms with E-state index in [9.17, 15) is 4.79 Å². The van der Waals surface area contributed by atoms with E-state index in [1.165, 1.54) is 11.8 Å². The van der Waals surface area contributed by atoms with E-state index in [0.717, 1.165) is 24.5 Å². The fraction of sp³-hybridized carbons (Fsp3) is 0.375. The van der Waals surface area contributed by atoms with Gasteiger partial charge < -0.3 is 15.0 Å². The Bertz CT molecular complexity index is 713. The molecule has 0 aliphatic carbocycles. The summed E-state index contributed by atoms with van der Waals surface area (Å²) in [5.74, 6) is 0.898. The lowest BCUT2D eigenvalue weighted by atomic mass is 10.3. The first kappa shape index (κ1) is 17.9. The molecule has 3 rings (SSSR count). The van der Waals surface area contributed by atoms with Crippen LogP contribution in [0.3, 0.4) is 0 Å². The number of hydrogen-bond donors (Lipinski definition) is 1. The number of aromatic nitrogens is 3. The molecule has 1 aliphatic rings. The van der Waals surface area contributed by atoms with Crippen LogP contribution in [0.4, 0.5) is 5.82 Å². The summed E-state index contributed by atoms with van der Waals surface area (Å²) in [7, 11) is 0. The Hall–Kier alpha value is -1.90. The van der Waals surface area contributed by atoms with Crippen molar-refractivity contribution in [1.29, 1.82) is 0 Å². The van der Waals surface area contributed by atoms with Crippen molar-refractivity contribution in [3.8, 4) is 0 Å². The van der Waals surface area contributed by atoms with Gasteiger partial charge in [-0.25, -0.2) is 9.97 Å². The molecule has 2 aromatic heterocycles. The quantitative estimate of drug-likeness (QED) is 0.465. The van der Waals surface area contributed by atoms with Crippen LogP contribution >= 0.6 is 23.4 Å². The fourth-order valence-electron chi connectivity index (χ4n) is 2.29. The SMILES string of the molecule is O=C(CSc1nc(Cl)cc(N2CCOCC2)n1)NCc1cccnc1. The highest BCUT2D eigenvalue weighted by Crippen LogP contribution is 2.22. The molecule has 25 heavy (non-hydrogen) atoms. The van der Waals surface area contributed by atoms with Gasteiger partial charge in [-0.3, -0.25) is 9.78 Å². The molecule has 7 nitrogen and oxygen atoms in total. The molecule has 0 saturated carbocycles. The zero-order chi connectivity index (χ0) is 17.5. The van der Waals surface area contributed by atoms with Gasteiger partial charge in [0.1, 0.15) is 11.0 Å². The number of thioether (sulfide) groups is 1. The molecule has 1 amide bonds. The first-order valence-corrected chi connectivity index (χ1v) is 9.23. The van der Waals surface area contributed by atoms with E-state index in [1.54, 1.807) is 18.5 Å². The predicted molar refractivity (Wildman–Crippen MR) is 96.9 cm³/mol. The van der Waals surface area contributed by atoms with E-state index in [4.69, 9.17) is 16.3 Å². The van der Waals surface area contributed by atoms with Crippen molar-refractivity contribution in [2.75, 3.05) is 37.0 Å². The van der Waals surface area contributed by atoms with Crippen LogP contribution in [0, 0.1) is 0 Å². The Morgan fingerprint density at radius 2 is 2.20 bits per heavy atom. The number of anilines is 1. The molecule has 2 aromatic rings. The van der Waals surface area contributed by atoms with Crippen LogP contribution in [0.2, 0.25) is 5.15 Å². The van der Waals surface area contributed by atoms with Crippen LogP contribution in [0.25, 0.3) is 0 Å². The third kappa shape index (κ3) is 5.55. The topological polar surface area (TPSA) is 80.2 Å². The summed E-state index contributed by atoms with van der Waals surface area (Å²) in [6.45, 7) is 3.32. The van der Waals surface area contributed by atoms with Crippen molar-refractivity contribution in [2.45, 2.75) is 11.7 Å². The summed E-state index contributed by atoms with van der Waals surface area (Å²) in [5.41, 5.74) is 0.953. The third-order valence-electron chi connectivity index (χ3n) is 3.54. The summed E-state index contributed by atoms with van der Waals surface area (Å²) in [6.07, 6.45) is 3.42. The standard InChI is InChI=1S/C16H18ClN5O2S/c17-13-8-14(22-4-6-24-7-5-22)21-16(20-13)25-11-15(23)19-10-12-2-1-3-18-9-12/h1-3,8-9H,4-7,10-11H2,(H,19,23). The maximum absolute atomic E-state index is 12.0. The van der Waals surface area contributed by atoms with E-state index in [-0.39, 0.29) is 11.7 Å². The Labute approximate surface area is 155 Å². The maximum Gasteiger partial charge on any atom is 0.230 e. The predicted octanol–water partition coefficient (Wildman–Crippen LogP) is 1.77. The van der Waals surface area contributed by atoms with Crippen LogP contribution in [-0.4, -0.2) is 52.9 Å². The molecule has 1 fully saturated rings. The molecule has 1 aliphatic heterocycles. The summed E-state index contributed by atoms with van der Waals surface area (Å²) in [4.78, 5) is 26.8. The van der Waals surface area contributed by atoms with Gasteiger partial charge in [-0.15, -0.1) is 0 Å². The summed E-state index contributed by atoms with van der Waals surface area (Å²) in [6, 6.07) is 5.48. The molecule has 0 bridgehead atoms. The molecule has 0 aromatic carbocycles. The second kappa shape index (κ2) is 8.98. The molecule has 0 radical (unpaired) electrons. The largest absolute Gasteiger partial charge is 0.378 e. The Balaban J connectivity index is 1.53. The van der Waals surface area contributed by atoms with Crippen molar-refractivity contribution >= 4 is 35.1 Å². The van der Waals surface area contributed by atoms with Gasteiger partial charge in [0.15, 0.2) is 5.16 Å². The van der Waals surface area contributed by atoms with Gasteiger partial charge in [0.05, 0.1) is 19.0 Å². The maximum atomic E-state index is 12.0. The molecule has 3 heterocycles. The molecule has 1 N–H and O–H groups in total. The highest BCUT2D eigenvalue weighted by Gasteiger charge is 2.15. The van der Waals surface area contributed by atoms with Crippen molar-refractivity contribution < 1.29 is 9.53 Å². The molecule has 9 heteroatoms. The van der Waals surface area contributed by atoms with E-state index < -0.39 is 0 Å². The number of halogens is 1. The highest BCUT2D eigenvalue weighted by atomic mass is 35.5. The summed E-state index contributed by atoms with van der Waals surface area (Å²) < 4.78 is 5.34. The molecule has 132 valence electrons. The van der Waals surface area contributed by atoms with E-state index in [1.807, 2.05) is 12.1 Å². The molecular weight excluding hydrogens is 362 g/mol. The number of carbonyl (C=O) groups is 1. The van der Waals surface area contributed by atoms with Crippen LogP contribution in [0.15, 0.2) is 35.7 Å². The second-order valence-electron chi connectivity index (χ2n) is 5.36. The van der Waals surface area contributed by atoms with Gasteiger partial charge in [-0.1, -0.05) is 29.4 Å². The zero-order valence-electron chi connectivity index (χ0n) is 13.5. The highest BCUT2D eigenvalue weighted by molar-refractivity contribution is 7.99. The molecule has 0 unspecified atom stereocenters. The number of amides is 1. The lowest BCUT2D eigenvalue weighted by Gasteiger charge is -2.27. The van der Waals surface area contributed by atoms with Gasteiger partial charge in [0.25, 0.3) is 0 Å². The minimum Gasteiger partial charge on any atom is -0.378 e. The fourth-order valence-corrected chi connectivity index (χ4v) is 3.20. The summed E-state index contributed by atoms with van der Waals surface area (Å²) in [5, 5.41) is 3.71. The minimum atomic E-state index is -0.0923. The Kier molecular flexibility index (Phi) is 6.43. The van der Waals surface area contributed by atoms with Gasteiger partial charge in [-0.2, -0.15) is 0 Å². The average molecular weight is 380 g/mol. The van der Waals surface area contributed by atoms with Crippen LogP contribution in [0.5, 0.6) is 0 Å². The second-order valence-corrected chi connectivity index (χ2v) is 6.69. The first-order chi connectivity index (χ1) is 12.2.